The van der Waals surface area contributed by atoms with Gasteiger partial charge in [0.15, 0.2) is 0 Å². The first-order chi connectivity index (χ1) is 5.07. The number of hydrogen-bond donors (Lipinski definition) is 2. The van der Waals surface area contributed by atoms with Crippen molar-refractivity contribution in [1.82, 2.24) is 6.15 Å². The Bertz CT molecular complexity index is 160. The molecule has 0 spiro atoms. The second kappa shape index (κ2) is 6.56. The third kappa shape index (κ3) is 5.63. The number of methoxy groups -OCH3 is 1. The number of hydrogen-bond acceptors (Lipinski definition) is 5. The van der Waals surface area contributed by atoms with Gasteiger partial charge in [-0.1, -0.05) is 0 Å². The number of ether oxygens (including phenoxy) is 1. The molecular weight excluding hydrogens is 164 g/mol. The summed E-state index contributed by atoms with van der Waals surface area (Å²) in [6.45, 7) is 0. The Morgan fingerprint density at radius 3 is 2.42 bits per heavy atom. The van der Waals surface area contributed by atoms with E-state index in [0.717, 1.165) is 0 Å². The summed E-state index contributed by atoms with van der Waals surface area (Å²) in [5.41, 5.74) is 5.21. The molecular formula is C6H14N2O4. The maximum atomic E-state index is 10.6. The van der Waals surface area contributed by atoms with Gasteiger partial charge in [0.1, 0.15) is 6.04 Å². The molecule has 0 amide bonds. The Kier molecular flexibility index (Phi) is 7.36. The predicted octanol–water partition coefficient (Wildman–Crippen LogP) is -1.61. The fourth-order valence-corrected chi connectivity index (χ4v) is 0.543. The molecule has 0 aliphatic carbocycles. The number of carbonyl (C=O) groups excluding carboxylic acids is 2. The topological polar surface area (TPSA) is 129 Å². The van der Waals surface area contributed by atoms with Gasteiger partial charge in [-0.3, -0.25) is 4.79 Å². The van der Waals surface area contributed by atoms with E-state index in [1.807, 2.05) is 0 Å². The monoisotopic (exact) mass is 178 g/mol. The van der Waals surface area contributed by atoms with Crippen molar-refractivity contribution in [3.05, 3.63) is 0 Å². The summed E-state index contributed by atoms with van der Waals surface area (Å²) < 4.78 is 4.27. The van der Waals surface area contributed by atoms with Gasteiger partial charge in [-0.2, -0.15) is 0 Å². The molecule has 0 radical (unpaired) electrons. The standard InChI is InChI=1S/C6H11NO4.H3N/c1-11-6(10)4(7)2-3-5(8)9;/h4H,2-3,7H2,1H3,(H,8,9);1H3/t4-;/m0./s1. The van der Waals surface area contributed by atoms with Crippen molar-refractivity contribution in [2.75, 3.05) is 7.11 Å². The first-order valence-electron chi connectivity index (χ1n) is 3.11. The van der Waals surface area contributed by atoms with Crippen molar-refractivity contribution in [2.45, 2.75) is 18.9 Å². The maximum Gasteiger partial charge on any atom is 0.322 e. The van der Waals surface area contributed by atoms with Crippen molar-refractivity contribution in [2.24, 2.45) is 5.73 Å². The molecule has 72 valence electrons. The molecule has 0 aromatic heterocycles. The zero-order chi connectivity index (χ0) is 8.85. The molecule has 0 saturated heterocycles. The van der Waals surface area contributed by atoms with Gasteiger partial charge in [-0.25, -0.2) is 0 Å². The molecule has 0 aromatic carbocycles. The van der Waals surface area contributed by atoms with Crippen LogP contribution in [0.4, 0.5) is 0 Å². The van der Waals surface area contributed by atoms with Gasteiger partial charge in [-0.05, 0) is 12.8 Å². The molecule has 6 nitrogen and oxygen atoms in total. The number of rotatable bonds is 4. The molecule has 0 aromatic rings. The largest absolute Gasteiger partial charge is 0.550 e. The lowest BCUT2D eigenvalue weighted by Crippen LogP contribution is -2.34. The fraction of sp³-hybridized carbons (Fsp3) is 0.667. The maximum absolute atomic E-state index is 10.6. The van der Waals surface area contributed by atoms with E-state index in [4.69, 9.17) is 5.73 Å². The smallest absolute Gasteiger partial charge is 0.322 e. The molecule has 0 unspecified atom stereocenters. The lowest BCUT2D eigenvalue weighted by atomic mass is 10.2. The SMILES string of the molecule is COC(=O)[C@@H](N)CCC(=O)[O-].[NH4+]. The Morgan fingerprint density at radius 1 is 1.58 bits per heavy atom. The van der Waals surface area contributed by atoms with Gasteiger partial charge in [0.05, 0.1) is 7.11 Å². The highest BCUT2D eigenvalue weighted by molar-refractivity contribution is 5.76. The van der Waals surface area contributed by atoms with E-state index >= 15 is 0 Å². The third-order valence-electron chi connectivity index (χ3n) is 1.16. The number of carbonyl (C=O) groups is 2. The van der Waals surface area contributed by atoms with Crippen LogP contribution >= 0.6 is 0 Å². The van der Waals surface area contributed by atoms with Gasteiger partial charge in [0.2, 0.25) is 0 Å². The normalized spacial score (nSPS) is 11.2. The molecule has 0 aliphatic heterocycles. The zero-order valence-electron chi connectivity index (χ0n) is 7.20. The Labute approximate surface area is 70.3 Å². The van der Waals surface area contributed by atoms with Crippen molar-refractivity contribution >= 4 is 11.9 Å². The summed E-state index contributed by atoms with van der Waals surface area (Å²) in [6, 6.07) is -0.863. The van der Waals surface area contributed by atoms with Crippen molar-refractivity contribution in [1.29, 1.82) is 0 Å². The molecule has 0 saturated carbocycles. The van der Waals surface area contributed by atoms with E-state index in [2.05, 4.69) is 4.74 Å². The van der Waals surface area contributed by atoms with Gasteiger partial charge < -0.3 is 26.5 Å². The van der Waals surface area contributed by atoms with E-state index in [9.17, 15) is 14.7 Å². The molecule has 0 bridgehead atoms. The second-order valence-electron chi connectivity index (χ2n) is 2.04. The zero-order valence-corrected chi connectivity index (χ0v) is 7.20. The highest BCUT2D eigenvalue weighted by atomic mass is 16.5. The highest BCUT2D eigenvalue weighted by Crippen LogP contribution is 1.94. The summed E-state index contributed by atoms with van der Waals surface area (Å²) in [7, 11) is 1.20. The first kappa shape index (κ1) is 13.4. The van der Waals surface area contributed by atoms with E-state index < -0.39 is 18.0 Å². The lowest BCUT2D eigenvalue weighted by Gasteiger charge is -2.08. The van der Waals surface area contributed by atoms with Crippen LogP contribution in [0.3, 0.4) is 0 Å². The molecule has 1 atom stereocenters. The molecule has 0 rings (SSSR count). The average Bonchev–Trinajstić information content (AvgIpc) is 1.98. The molecule has 12 heavy (non-hydrogen) atoms. The van der Waals surface area contributed by atoms with Crippen LogP contribution in [0.25, 0.3) is 0 Å². The van der Waals surface area contributed by atoms with Gasteiger partial charge in [-0.15, -0.1) is 0 Å². The van der Waals surface area contributed by atoms with Crippen LogP contribution in [0.2, 0.25) is 0 Å². The number of quaternary nitrogens is 1. The summed E-state index contributed by atoms with van der Waals surface area (Å²) in [6.07, 6.45) is -0.175. The number of carboxylic acid groups (broad SMARTS) is 1. The summed E-state index contributed by atoms with van der Waals surface area (Å²) in [4.78, 5) is 20.5. The summed E-state index contributed by atoms with van der Waals surface area (Å²) in [5.74, 6) is -1.82. The van der Waals surface area contributed by atoms with Crippen molar-refractivity contribution in [3.8, 4) is 0 Å². The van der Waals surface area contributed by atoms with Crippen LogP contribution in [0.15, 0.2) is 0 Å². The van der Waals surface area contributed by atoms with Crippen LogP contribution < -0.4 is 17.0 Å². The number of carboxylic acids is 1. The molecule has 0 fully saturated rings. The first-order valence-corrected chi connectivity index (χ1v) is 3.11. The molecule has 0 aliphatic rings. The van der Waals surface area contributed by atoms with Gasteiger partial charge in [0.25, 0.3) is 0 Å². The van der Waals surface area contributed by atoms with Crippen LogP contribution in [0, 0.1) is 0 Å². The van der Waals surface area contributed by atoms with E-state index in [-0.39, 0.29) is 19.0 Å². The van der Waals surface area contributed by atoms with Gasteiger partial charge in [0, 0.05) is 5.97 Å². The van der Waals surface area contributed by atoms with E-state index in [1.54, 1.807) is 0 Å². The number of aliphatic carboxylic acids is 1. The second-order valence-corrected chi connectivity index (χ2v) is 2.04. The molecule has 6 heteroatoms. The molecule has 6 N–H and O–H groups in total. The minimum absolute atomic E-state index is 0. The lowest BCUT2D eigenvalue weighted by molar-refractivity contribution is -0.305. The number of esters is 1. The Balaban J connectivity index is 0. The number of nitrogens with two attached hydrogens (primary N) is 1. The third-order valence-corrected chi connectivity index (χ3v) is 1.16. The fourth-order valence-electron chi connectivity index (χ4n) is 0.543. The van der Waals surface area contributed by atoms with Crippen molar-refractivity contribution < 1.29 is 19.4 Å². The van der Waals surface area contributed by atoms with Crippen LogP contribution in [0.1, 0.15) is 12.8 Å². The van der Waals surface area contributed by atoms with E-state index in [0.29, 0.717) is 0 Å². The summed E-state index contributed by atoms with van der Waals surface area (Å²) >= 11 is 0. The Hall–Kier alpha value is -1.14. The minimum Gasteiger partial charge on any atom is -0.550 e. The summed E-state index contributed by atoms with van der Waals surface area (Å²) in [5, 5.41) is 9.90. The quantitative estimate of drug-likeness (QED) is 0.500. The van der Waals surface area contributed by atoms with E-state index in [1.165, 1.54) is 7.11 Å². The Morgan fingerprint density at radius 2 is 2.08 bits per heavy atom. The average molecular weight is 178 g/mol. The van der Waals surface area contributed by atoms with Crippen LogP contribution in [-0.2, 0) is 14.3 Å². The van der Waals surface area contributed by atoms with Crippen LogP contribution in [0.5, 0.6) is 0 Å². The highest BCUT2D eigenvalue weighted by Gasteiger charge is 2.12. The van der Waals surface area contributed by atoms with Crippen LogP contribution in [-0.4, -0.2) is 25.1 Å². The van der Waals surface area contributed by atoms with Crippen molar-refractivity contribution in [3.63, 3.8) is 0 Å². The van der Waals surface area contributed by atoms with Gasteiger partial charge >= 0.3 is 5.97 Å². The predicted molar refractivity (Wildman–Crippen MR) is 40.2 cm³/mol. The minimum atomic E-state index is -1.22. The molecule has 0 heterocycles.